The third-order valence-corrected chi connectivity index (χ3v) is 4.47. The number of anilines is 1. The second-order valence-corrected chi connectivity index (χ2v) is 6.31. The van der Waals surface area contributed by atoms with Crippen molar-refractivity contribution in [1.29, 1.82) is 0 Å². The Bertz CT molecular complexity index is 667. The smallest absolute Gasteiger partial charge is 0.305 e. The Morgan fingerprint density at radius 2 is 2.21 bits per heavy atom. The van der Waals surface area contributed by atoms with Gasteiger partial charge in [-0.2, -0.15) is 0 Å². The zero-order chi connectivity index (χ0) is 17.2. The first-order valence-corrected chi connectivity index (χ1v) is 8.02. The minimum atomic E-state index is -0.975. The van der Waals surface area contributed by atoms with Gasteiger partial charge < -0.3 is 20.1 Å². The molecule has 7 heteroatoms. The molecule has 2 aliphatic rings. The van der Waals surface area contributed by atoms with Gasteiger partial charge in [-0.05, 0) is 31.0 Å². The second-order valence-electron chi connectivity index (χ2n) is 6.31. The first kappa shape index (κ1) is 16.4. The first-order chi connectivity index (χ1) is 11.5. The lowest BCUT2D eigenvalue weighted by molar-refractivity contribution is -0.138. The van der Waals surface area contributed by atoms with Crippen LogP contribution in [0.3, 0.4) is 0 Å². The number of benzene rings is 1. The fourth-order valence-corrected chi connectivity index (χ4v) is 3.23. The molecule has 1 atom stereocenters. The van der Waals surface area contributed by atoms with Gasteiger partial charge in [-0.25, -0.2) is 0 Å². The van der Waals surface area contributed by atoms with Crippen LogP contribution in [0.1, 0.15) is 36.0 Å². The van der Waals surface area contributed by atoms with Crippen molar-refractivity contribution in [3.63, 3.8) is 0 Å². The summed E-state index contributed by atoms with van der Waals surface area (Å²) in [6.45, 7) is 1.27. The Morgan fingerprint density at radius 3 is 2.83 bits per heavy atom. The molecule has 0 bridgehead atoms. The summed E-state index contributed by atoms with van der Waals surface area (Å²) < 4.78 is 5.29. The third-order valence-electron chi connectivity index (χ3n) is 4.47. The Kier molecular flexibility index (Phi) is 4.53. The molecule has 0 saturated carbocycles. The van der Waals surface area contributed by atoms with Crippen molar-refractivity contribution in [2.24, 2.45) is 0 Å². The summed E-state index contributed by atoms with van der Waals surface area (Å²) in [5.74, 6) is -1.27. The molecular weight excluding hydrogens is 312 g/mol. The lowest BCUT2D eigenvalue weighted by Gasteiger charge is -2.27. The molecule has 0 radical (unpaired) electrons. The van der Waals surface area contributed by atoms with Crippen LogP contribution in [-0.2, 0) is 14.3 Å². The third kappa shape index (κ3) is 3.41. The Balaban J connectivity index is 1.77. The molecule has 0 aliphatic carbocycles. The SMILES string of the molecule is O=C(O)CC1(NC(=O)c2cccc(N3CCCC3=O)c2)CCOC1. The Morgan fingerprint density at radius 1 is 1.38 bits per heavy atom. The molecule has 2 heterocycles. The van der Waals surface area contributed by atoms with Gasteiger partial charge in [-0.15, -0.1) is 0 Å². The van der Waals surface area contributed by atoms with E-state index in [2.05, 4.69) is 5.32 Å². The molecule has 2 fully saturated rings. The van der Waals surface area contributed by atoms with Crippen molar-refractivity contribution in [2.75, 3.05) is 24.7 Å². The number of carboxylic acids is 1. The van der Waals surface area contributed by atoms with E-state index in [1.165, 1.54) is 0 Å². The summed E-state index contributed by atoms with van der Waals surface area (Å²) in [6, 6.07) is 6.85. The highest BCUT2D eigenvalue weighted by atomic mass is 16.5. The summed E-state index contributed by atoms with van der Waals surface area (Å²) in [5, 5.41) is 11.9. The molecule has 2 saturated heterocycles. The van der Waals surface area contributed by atoms with Crippen molar-refractivity contribution < 1.29 is 24.2 Å². The average Bonchev–Trinajstić information content (AvgIpc) is 3.16. The van der Waals surface area contributed by atoms with Gasteiger partial charge in [0.25, 0.3) is 5.91 Å². The van der Waals surface area contributed by atoms with E-state index in [0.29, 0.717) is 37.2 Å². The maximum absolute atomic E-state index is 12.6. The van der Waals surface area contributed by atoms with Crippen LogP contribution in [0.5, 0.6) is 0 Å². The minimum absolute atomic E-state index is 0.0547. The van der Waals surface area contributed by atoms with Crippen LogP contribution in [0.15, 0.2) is 24.3 Å². The van der Waals surface area contributed by atoms with Crippen LogP contribution in [0.25, 0.3) is 0 Å². The quantitative estimate of drug-likeness (QED) is 0.844. The number of carboxylic acid groups (broad SMARTS) is 1. The molecule has 1 aromatic carbocycles. The predicted octanol–water partition coefficient (Wildman–Crippen LogP) is 1.18. The summed E-state index contributed by atoms with van der Waals surface area (Å²) in [4.78, 5) is 37.2. The van der Waals surface area contributed by atoms with Crippen molar-refractivity contribution in [1.82, 2.24) is 5.32 Å². The maximum Gasteiger partial charge on any atom is 0.305 e. The Labute approximate surface area is 139 Å². The number of hydrogen-bond acceptors (Lipinski definition) is 4. The van der Waals surface area contributed by atoms with Crippen LogP contribution in [0.4, 0.5) is 5.69 Å². The molecule has 24 heavy (non-hydrogen) atoms. The highest BCUT2D eigenvalue weighted by molar-refractivity contribution is 5.99. The largest absolute Gasteiger partial charge is 0.481 e. The molecule has 1 aromatic rings. The Hall–Kier alpha value is -2.41. The molecule has 1 unspecified atom stereocenters. The number of hydrogen-bond donors (Lipinski definition) is 2. The van der Waals surface area contributed by atoms with Gasteiger partial charge in [-0.1, -0.05) is 6.07 Å². The van der Waals surface area contributed by atoms with Gasteiger partial charge in [0.2, 0.25) is 5.91 Å². The van der Waals surface area contributed by atoms with E-state index in [1.807, 2.05) is 0 Å². The van der Waals surface area contributed by atoms with E-state index in [1.54, 1.807) is 29.2 Å². The first-order valence-electron chi connectivity index (χ1n) is 8.02. The minimum Gasteiger partial charge on any atom is -0.481 e. The molecule has 3 rings (SSSR count). The van der Waals surface area contributed by atoms with E-state index in [9.17, 15) is 14.4 Å². The number of rotatable bonds is 5. The normalized spacial score (nSPS) is 23.5. The van der Waals surface area contributed by atoms with Crippen LogP contribution in [-0.4, -0.2) is 48.2 Å². The van der Waals surface area contributed by atoms with Crippen LogP contribution >= 0.6 is 0 Å². The topological polar surface area (TPSA) is 95.9 Å². The summed E-state index contributed by atoms with van der Waals surface area (Å²) in [7, 11) is 0. The number of amides is 2. The van der Waals surface area contributed by atoms with Gasteiger partial charge in [-0.3, -0.25) is 14.4 Å². The number of carbonyl (C=O) groups excluding carboxylic acids is 2. The van der Waals surface area contributed by atoms with Gasteiger partial charge in [0.1, 0.15) is 0 Å². The van der Waals surface area contributed by atoms with Gasteiger partial charge in [0.15, 0.2) is 0 Å². The van der Waals surface area contributed by atoms with E-state index < -0.39 is 11.5 Å². The highest BCUT2D eigenvalue weighted by Gasteiger charge is 2.38. The molecule has 128 valence electrons. The van der Waals surface area contributed by atoms with Gasteiger partial charge in [0, 0.05) is 30.8 Å². The fourth-order valence-electron chi connectivity index (χ4n) is 3.23. The lowest BCUT2D eigenvalue weighted by atomic mass is 9.93. The van der Waals surface area contributed by atoms with E-state index in [0.717, 1.165) is 6.42 Å². The number of carbonyl (C=O) groups is 3. The molecule has 0 spiro atoms. The van der Waals surface area contributed by atoms with Gasteiger partial charge >= 0.3 is 5.97 Å². The number of nitrogens with zero attached hydrogens (tertiary/aromatic N) is 1. The van der Waals surface area contributed by atoms with Crippen molar-refractivity contribution >= 4 is 23.5 Å². The van der Waals surface area contributed by atoms with Crippen LogP contribution in [0, 0.1) is 0 Å². The lowest BCUT2D eigenvalue weighted by Crippen LogP contribution is -2.50. The number of aliphatic carboxylic acids is 1. The molecule has 2 N–H and O–H groups in total. The van der Waals surface area contributed by atoms with E-state index >= 15 is 0 Å². The van der Waals surface area contributed by atoms with Crippen molar-refractivity contribution in [3.8, 4) is 0 Å². The van der Waals surface area contributed by atoms with Crippen molar-refractivity contribution in [2.45, 2.75) is 31.2 Å². The molecule has 0 aromatic heterocycles. The fraction of sp³-hybridized carbons (Fsp3) is 0.471. The van der Waals surface area contributed by atoms with Crippen molar-refractivity contribution in [3.05, 3.63) is 29.8 Å². The zero-order valence-electron chi connectivity index (χ0n) is 13.3. The zero-order valence-corrected chi connectivity index (χ0v) is 13.3. The summed E-state index contributed by atoms with van der Waals surface area (Å²) in [5.41, 5.74) is 0.228. The predicted molar refractivity (Wildman–Crippen MR) is 85.9 cm³/mol. The number of ether oxygens (including phenoxy) is 1. The standard InChI is InChI=1S/C17H20N2O5/c20-14-5-2-7-19(14)13-4-1-3-12(9-13)16(23)18-17(10-15(21)22)6-8-24-11-17/h1,3-4,9H,2,5-8,10-11H2,(H,18,23)(H,21,22). The van der Waals surface area contributed by atoms with E-state index in [-0.39, 0.29) is 24.8 Å². The van der Waals surface area contributed by atoms with E-state index in [4.69, 9.17) is 9.84 Å². The van der Waals surface area contributed by atoms with Crippen LogP contribution < -0.4 is 10.2 Å². The molecular formula is C17H20N2O5. The second kappa shape index (κ2) is 6.60. The monoisotopic (exact) mass is 332 g/mol. The van der Waals surface area contributed by atoms with Gasteiger partial charge in [0.05, 0.1) is 18.6 Å². The summed E-state index contributed by atoms with van der Waals surface area (Å²) in [6.07, 6.45) is 1.63. The molecule has 7 nitrogen and oxygen atoms in total. The average molecular weight is 332 g/mol. The summed E-state index contributed by atoms with van der Waals surface area (Å²) >= 11 is 0. The molecule has 2 amide bonds. The maximum atomic E-state index is 12.6. The molecule has 2 aliphatic heterocycles. The highest BCUT2D eigenvalue weighted by Crippen LogP contribution is 2.25. The number of nitrogens with one attached hydrogen (secondary N) is 1. The van der Waals surface area contributed by atoms with Crippen LogP contribution in [0.2, 0.25) is 0 Å².